The van der Waals surface area contributed by atoms with Crippen LogP contribution in [0, 0.1) is 0 Å². The summed E-state index contributed by atoms with van der Waals surface area (Å²) in [5.74, 6) is -0.0683. The Morgan fingerprint density at radius 3 is 2.46 bits per heavy atom. The Balaban J connectivity index is 1.58. The number of amides is 1. The first kappa shape index (κ1) is 16.6. The van der Waals surface area contributed by atoms with Crippen LogP contribution in [0.2, 0.25) is 0 Å². The van der Waals surface area contributed by atoms with Crippen LogP contribution in [-0.2, 0) is 16.2 Å². The van der Waals surface area contributed by atoms with Crippen LogP contribution in [0.4, 0.5) is 0 Å². The highest BCUT2D eigenvalue weighted by atomic mass is 32.1. The van der Waals surface area contributed by atoms with Crippen LogP contribution >= 0.6 is 12.2 Å². The van der Waals surface area contributed by atoms with Gasteiger partial charge in [-0.05, 0) is 12.5 Å². The number of nitrogens with one attached hydrogen (secondary N) is 2. The molecule has 0 bridgehead atoms. The molecule has 1 fully saturated rings. The van der Waals surface area contributed by atoms with Crippen molar-refractivity contribution in [3.63, 3.8) is 0 Å². The number of benzene rings is 2. The summed E-state index contributed by atoms with van der Waals surface area (Å²) in [4.78, 5) is 18.6. The molecule has 1 saturated heterocycles. The van der Waals surface area contributed by atoms with E-state index in [2.05, 4.69) is 10.9 Å². The minimum atomic E-state index is -0.843. The van der Waals surface area contributed by atoms with Crippen molar-refractivity contribution in [2.75, 3.05) is 0 Å². The van der Waals surface area contributed by atoms with E-state index in [0.717, 1.165) is 11.1 Å². The molecule has 1 atom stereocenters. The molecule has 1 aliphatic heterocycles. The zero-order valence-corrected chi connectivity index (χ0v) is 14.2. The van der Waals surface area contributed by atoms with Gasteiger partial charge in [0.1, 0.15) is 4.99 Å². The van der Waals surface area contributed by atoms with E-state index in [1.54, 1.807) is 0 Å². The average Bonchev–Trinajstić information content (AvgIpc) is 2.89. The van der Waals surface area contributed by atoms with Gasteiger partial charge in [-0.15, -0.1) is 0 Å². The van der Waals surface area contributed by atoms with Crippen molar-refractivity contribution >= 4 is 23.1 Å². The first-order valence-corrected chi connectivity index (χ1v) is 8.13. The number of carbonyl (C=O) groups excluding carboxylic acids is 1. The number of rotatable bonds is 5. The third-order valence-corrected chi connectivity index (χ3v) is 4.06. The van der Waals surface area contributed by atoms with Gasteiger partial charge in [0.05, 0.1) is 13.0 Å². The van der Waals surface area contributed by atoms with E-state index in [-0.39, 0.29) is 12.3 Å². The minimum Gasteiger partial charge on any atom is -0.309 e. The largest absolute Gasteiger partial charge is 0.309 e. The summed E-state index contributed by atoms with van der Waals surface area (Å²) in [6.07, 6.45) is 0.226. The second-order valence-electron chi connectivity index (χ2n) is 5.86. The normalized spacial score (nSPS) is 20.2. The maximum atomic E-state index is 12.2. The monoisotopic (exact) mass is 341 g/mol. The summed E-state index contributed by atoms with van der Waals surface area (Å²) in [5.41, 5.74) is 7.06. The molecule has 1 heterocycles. The molecule has 1 amide bonds. The Hall–Kier alpha value is -2.28. The maximum absolute atomic E-state index is 12.2. The van der Waals surface area contributed by atoms with Crippen molar-refractivity contribution in [2.24, 2.45) is 0 Å². The van der Waals surface area contributed by atoms with Crippen molar-refractivity contribution in [3.05, 3.63) is 71.8 Å². The minimum absolute atomic E-state index is 0.0683. The second-order valence-corrected chi connectivity index (χ2v) is 6.27. The van der Waals surface area contributed by atoms with Gasteiger partial charge in [0.15, 0.2) is 5.72 Å². The number of hydrogen-bond donors (Lipinski definition) is 2. The molecule has 0 radical (unpaired) electrons. The third-order valence-electron chi connectivity index (χ3n) is 3.72. The molecule has 3 rings (SSSR count). The Bertz CT molecular complexity index is 724. The lowest BCUT2D eigenvalue weighted by molar-refractivity contribution is -0.209. The van der Waals surface area contributed by atoms with Crippen LogP contribution < -0.4 is 10.9 Å². The first-order valence-electron chi connectivity index (χ1n) is 7.72. The number of nitrogens with zero attached hydrogens (tertiary/aromatic N) is 1. The highest BCUT2D eigenvalue weighted by molar-refractivity contribution is 7.80. The highest BCUT2D eigenvalue weighted by Gasteiger charge is 2.41. The Morgan fingerprint density at radius 1 is 1.17 bits per heavy atom. The van der Waals surface area contributed by atoms with E-state index in [0.29, 0.717) is 11.5 Å². The predicted molar refractivity (Wildman–Crippen MR) is 95.5 cm³/mol. The van der Waals surface area contributed by atoms with Crippen molar-refractivity contribution < 1.29 is 9.63 Å². The maximum Gasteiger partial charge on any atom is 0.250 e. The number of carbonyl (C=O) groups is 1. The molecular weight excluding hydrogens is 322 g/mol. The first-order chi connectivity index (χ1) is 11.6. The highest BCUT2D eigenvalue weighted by Crippen LogP contribution is 2.25. The van der Waals surface area contributed by atoms with Crippen LogP contribution in [0.5, 0.6) is 0 Å². The van der Waals surface area contributed by atoms with E-state index >= 15 is 0 Å². The van der Waals surface area contributed by atoms with Crippen LogP contribution in [0.3, 0.4) is 0 Å². The van der Waals surface area contributed by atoms with Gasteiger partial charge in [-0.3, -0.25) is 4.79 Å². The standard InChI is InChI=1S/C18H19N3O2S/c1-18(20-19-17(24)15-10-6-3-7-11-15)12-16(22)21(23-18)13-14-8-4-2-5-9-14/h2-11,20H,12-13H2,1H3,(H,19,24)/t18-/m1/s1. The topological polar surface area (TPSA) is 53.6 Å². The van der Waals surface area contributed by atoms with Gasteiger partial charge < -0.3 is 5.43 Å². The van der Waals surface area contributed by atoms with Crippen molar-refractivity contribution in [3.8, 4) is 0 Å². The molecular formula is C18H19N3O2S. The van der Waals surface area contributed by atoms with Crippen LogP contribution in [0.15, 0.2) is 60.7 Å². The van der Waals surface area contributed by atoms with Crippen LogP contribution in [0.25, 0.3) is 0 Å². The fourth-order valence-corrected chi connectivity index (χ4v) is 2.68. The predicted octanol–water partition coefficient (Wildman–Crippen LogP) is 2.54. The SMILES string of the molecule is C[C@]1(NNC(=S)c2ccccc2)CC(=O)N(Cc2ccccc2)O1. The number of thiocarbonyl (C=S) groups is 1. The summed E-state index contributed by atoms with van der Waals surface area (Å²) in [6.45, 7) is 2.23. The Kier molecular flexibility index (Phi) is 4.89. The lowest BCUT2D eigenvalue weighted by Gasteiger charge is -2.26. The molecule has 2 aromatic carbocycles. The molecule has 0 aliphatic carbocycles. The van der Waals surface area contributed by atoms with E-state index < -0.39 is 5.72 Å². The molecule has 0 spiro atoms. The van der Waals surface area contributed by atoms with Gasteiger partial charge in [0.2, 0.25) is 0 Å². The van der Waals surface area contributed by atoms with Crippen molar-refractivity contribution in [1.29, 1.82) is 0 Å². The molecule has 2 aromatic rings. The smallest absolute Gasteiger partial charge is 0.250 e. The number of hydrogen-bond acceptors (Lipinski definition) is 4. The van der Waals surface area contributed by atoms with Crippen LogP contribution in [0.1, 0.15) is 24.5 Å². The lowest BCUT2D eigenvalue weighted by Crippen LogP contribution is -2.52. The number of hydroxylamine groups is 2. The van der Waals surface area contributed by atoms with E-state index in [9.17, 15) is 4.79 Å². The van der Waals surface area contributed by atoms with Gasteiger partial charge in [-0.1, -0.05) is 72.9 Å². The van der Waals surface area contributed by atoms with E-state index in [4.69, 9.17) is 17.1 Å². The van der Waals surface area contributed by atoms with Gasteiger partial charge >= 0.3 is 0 Å². The second kappa shape index (κ2) is 7.09. The molecule has 0 saturated carbocycles. The molecule has 124 valence electrons. The molecule has 6 heteroatoms. The summed E-state index contributed by atoms with van der Waals surface area (Å²) in [7, 11) is 0. The van der Waals surface area contributed by atoms with Gasteiger partial charge in [0.25, 0.3) is 5.91 Å². The van der Waals surface area contributed by atoms with Gasteiger partial charge in [-0.25, -0.2) is 15.3 Å². The molecule has 1 aliphatic rings. The molecule has 0 unspecified atom stereocenters. The van der Waals surface area contributed by atoms with Crippen molar-refractivity contribution in [2.45, 2.75) is 25.6 Å². The number of hydrazine groups is 1. The Labute approximate surface area is 146 Å². The fraction of sp³-hybridized carbons (Fsp3) is 0.222. The van der Waals surface area contributed by atoms with E-state index in [1.807, 2.05) is 67.6 Å². The molecule has 0 aromatic heterocycles. The summed E-state index contributed by atoms with van der Waals surface area (Å²) < 4.78 is 0. The summed E-state index contributed by atoms with van der Waals surface area (Å²) in [6, 6.07) is 19.3. The van der Waals surface area contributed by atoms with Gasteiger partial charge in [0, 0.05) is 5.56 Å². The zero-order chi connectivity index (χ0) is 17.0. The summed E-state index contributed by atoms with van der Waals surface area (Å²) >= 11 is 5.34. The van der Waals surface area contributed by atoms with Gasteiger partial charge in [-0.2, -0.15) is 0 Å². The summed E-state index contributed by atoms with van der Waals surface area (Å²) in [5, 5.41) is 1.38. The average molecular weight is 341 g/mol. The van der Waals surface area contributed by atoms with E-state index in [1.165, 1.54) is 5.06 Å². The fourth-order valence-electron chi connectivity index (χ4n) is 2.49. The van der Waals surface area contributed by atoms with Crippen molar-refractivity contribution in [1.82, 2.24) is 15.9 Å². The molecule has 2 N–H and O–H groups in total. The Morgan fingerprint density at radius 2 is 1.79 bits per heavy atom. The third kappa shape index (κ3) is 3.97. The molecule has 5 nitrogen and oxygen atoms in total. The zero-order valence-electron chi connectivity index (χ0n) is 13.4. The quantitative estimate of drug-likeness (QED) is 0.647. The molecule has 24 heavy (non-hydrogen) atoms. The lowest BCUT2D eigenvalue weighted by atomic mass is 10.2. The van der Waals surface area contributed by atoms with Crippen LogP contribution in [-0.4, -0.2) is 21.7 Å².